The third kappa shape index (κ3) is 6.64. The summed E-state index contributed by atoms with van der Waals surface area (Å²) >= 11 is 0. The monoisotopic (exact) mass is 705 g/mol. The van der Waals surface area contributed by atoms with Gasteiger partial charge in [0.05, 0.1) is 17.6 Å². The first-order valence-electron chi connectivity index (χ1n) is 17.4. The number of hydrogen-bond donors (Lipinski definition) is 7. The summed E-state index contributed by atoms with van der Waals surface area (Å²) in [6, 6.07) is 9.16. The normalized spacial score (nSPS) is 25.9. The Morgan fingerprint density at radius 1 is 1.14 bits per heavy atom. The van der Waals surface area contributed by atoms with E-state index >= 15 is 0 Å². The Hall–Kier alpha value is -3.92. The highest BCUT2D eigenvalue weighted by Gasteiger charge is 2.52. The SMILES string of the molecule is Cc1cc(=O)c2cc3c(c([NH+]4C=C5C=CN=C5C4)c2o1)O[C@](C)(C1CCCC1)[C@H](OOC[C@@](O)(Cc1ccc(O)cc1)[C@@H](O)[C@H](O)[C@H](O)CO)C3. The number of nitrogens with one attached hydrogen (secondary N) is 1. The summed E-state index contributed by atoms with van der Waals surface area (Å²) in [6.45, 7) is 2.80. The number of benzene rings is 2. The summed E-state index contributed by atoms with van der Waals surface area (Å²) in [7, 11) is 0. The van der Waals surface area contributed by atoms with Gasteiger partial charge in [0.25, 0.3) is 0 Å². The van der Waals surface area contributed by atoms with E-state index in [0.29, 0.717) is 40.3 Å². The van der Waals surface area contributed by atoms with Gasteiger partial charge in [-0.25, -0.2) is 9.78 Å². The molecule has 7 N–H and O–H groups in total. The van der Waals surface area contributed by atoms with Crippen molar-refractivity contribution in [2.24, 2.45) is 10.9 Å². The standard InChI is InChI=1S/C38H44N2O11/c1-21-13-29(43)27-14-24-15-31(51-48-20-38(47,36(46)33(45)30(44)19-41)16-22-7-9-26(42)10-8-22)37(2,25-5-3-4-6-25)50-34(24)32(35(27)49-21)40-17-23-11-12-39-28(23)18-40/h7-14,17,25,30-31,33,36,41-42,44-47H,3-6,15-16,18-20H2,1-2H3/p+1/t30-,31-,33-,36+,37-,38+/m1/s1. The highest BCUT2D eigenvalue weighted by molar-refractivity contribution is 6.07. The van der Waals surface area contributed by atoms with Crippen molar-refractivity contribution < 1.29 is 54.5 Å². The van der Waals surface area contributed by atoms with Crippen LogP contribution in [0, 0.1) is 12.8 Å². The van der Waals surface area contributed by atoms with Crippen LogP contribution in [0.1, 0.15) is 49.5 Å². The van der Waals surface area contributed by atoms with Gasteiger partial charge in [-0.1, -0.05) is 25.0 Å². The molecule has 13 nitrogen and oxygen atoms in total. The van der Waals surface area contributed by atoms with Gasteiger partial charge in [0.1, 0.15) is 72.2 Å². The molecule has 2 aromatic carbocycles. The van der Waals surface area contributed by atoms with Crippen LogP contribution in [0.3, 0.4) is 0 Å². The lowest BCUT2D eigenvalue weighted by atomic mass is 9.78. The van der Waals surface area contributed by atoms with Gasteiger partial charge in [0.2, 0.25) is 11.3 Å². The second-order valence-electron chi connectivity index (χ2n) is 14.5. The Labute approximate surface area is 294 Å². The molecule has 7 rings (SSSR count). The Bertz CT molecular complexity index is 1930. The molecule has 51 heavy (non-hydrogen) atoms. The molecule has 272 valence electrons. The number of aliphatic hydroxyl groups excluding tert-OH is 4. The van der Waals surface area contributed by atoms with E-state index < -0.39 is 48.8 Å². The highest BCUT2D eigenvalue weighted by atomic mass is 17.2. The lowest BCUT2D eigenvalue weighted by Crippen LogP contribution is -3.01. The molecule has 0 bridgehead atoms. The third-order valence-corrected chi connectivity index (χ3v) is 10.9. The van der Waals surface area contributed by atoms with Crippen molar-refractivity contribution in [1.82, 2.24) is 0 Å². The molecular weight excluding hydrogens is 660 g/mol. The van der Waals surface area contributed by atoms with Crippen molar-refractivity contribution in [1.29, 1.82) is 0 Å². The first-order chi connectivity index (χ1) is 24.4. The molecular formula is C38H45N2O11+. The highest BCUT2D eigenvalue weighted by Crippen LogP contribution is 2.48. The summed E-state index contributed by atoms with van der Waals surface area (Å²) in [6.07, 6.45) is 3.29. The van der Waals surface area contributed by atoms with Gasteiger partial charge >= 0.3 is 0 Å². The van der Waals surface area contributed by atoms with E-state index in [2.05, 4.69) is 11.2 Å². The van der Waals surface area contributed by atoms with E-state index in [0.717, 1.165) is 47.4 Å². The van der Waals surface area contributed by atoms with Gasteiger partial charge in [-0.05, 0) is 56.5 Å². The van der Waals surface area contributed by atoms with Crippen LogP contribution in [-0.2, 0) is 22.6 Å². The molecule has 3 aliphatic heterocycles. The van der Waals surface area contributed by atoms with Crippen molar-refractivity contribution in [3.63, 3.8) is 0 Å². The van der Waals surface area contributed by atoms with Crippen LogP contribution in [-0.4, -0.2) is 91.7 Å². The maximum atomic E-state index is 13.4. The molecule has 0 spiro atoms. The zero-order chi connectivity index (χ0) is 36.1. The van der Waals surface area contributed by atoms with Gasteiger partial charge in [-0.3, -0.25) is 14.7 Å². The Morgan fingerprint density at radius 3 is 2.59 bits per heavy atom. The van der Waals surface area contributed by atoms with Crippen LogP contribution in [0.4, 0.5) is 5.69 Å². The number of allylic oxidation sites excluding steroid dienone is 1. The van der Waals surface area contributed by atoms with Crippen molar-refractivity contribution in [2.45, 2.75) is 88.0 Å². The number of rotatable bonds is 12. The summed E-state index contributed by atoms with van der Waals surface area (Å²) in [5.74, 6) is 1.18. The number of phenolic OH excluding ortho intramolecular Hbond substituents is 1. The number of hydrogen-bond acceptors (Lipinski definition) is 12. The molecule has 0 amide bonds. The Kier molecular flexibility index (Phi) is 9.67. The average molecular weight is 706 g/mol. The van der Waals surface area contributed by atoms with E-state index in [4.69, 9.17) is 18.9 Å². The van der Waals surface area contributed by atoms with E-state index in [1.165, 1.54) is 18.2 Å². The van der Waals surface area contributed by atoms with Gasteiger partial charge < -0.3 is 39.8 Å². The number of phenols is 1. The number of aliphatic imine (C=N–C) groups is 1. The van der Waals surface area contributed by atoms with Gasteiger partial charge in [0.15, 0.2) is 11.2 Å². The first kappa shape index (κ1) is 35.5. The lowest BCUT2D eigenvalue weighted by Gasteiger charge is -2.45. The third-order valence-electron chi connectivity index (χ3n) is 10.9. The minimum absolute atomic E-state index is 0.00204. The molecule has 1 fully saturated rings. The number of ether oxygens (including phenoxy) is 1. The maximum Gasteiger partial charge on any atom is 0.222 e. The predicted octanol–water partition coefficient (Wildman–Crippen LogP) is 1.44. The van der Waals surface area contributed by atoms with Crippen molar-refractivity contribution >= 4 is 22.4 Å². The lowest BCUT2D eigenvalue weighted by molar-refractivity contribution is -0.759. The van der Waals surface area contributed by atoms with Crippen LogP contribution in [0.25, 0.3) is 11.0 Å². The quantitative estimate of drug-likeness (QED) is 0.106. The van der Waals surface area contributed by atoms with E-state index in [9.17, 15) is 35.4 Å². The van der Waals surface area contributed by atoms with Crippen LogP contribution in [0.2, 0.25) is 0 Å². The second-order valence-corrected chi connectivity index (χ2v) is 14.5. The molecule has 1 unspecified atom stereocenters. The topological polar surface area (TPSA) is 196 Å². The van der Waals surface area contributed by atoms with Crippen LogP contribution in [0.15, 0.2) is 74.7 Å². The van der Waals surface area contributed by atoms with Crippen molar-refractivity contribution in [2.75, 3.05) is 19.8 Å². The number of aromatic hydroxyl groups is 1. The molecule has 0 radical (unpaired) electrons. The van der Waals surface area contributed by atoms with Crippen LogP contribution in [0.5, 0.6) is 11.5 Å². The first-order valence-corrected chi connectivity index (χ1v) is 17.4. The molecule has 13 heteroatoms. The molecule has 4 aliphatic rings. The molecule has 3 aromatic rings. The minimum atomic E-state index is -2.20. The molecule has 1 saturated carbocycles. The van der Waals surface area contributed by atoms with E-state index in [1.807, 2.05) is 13.0 Å². The van der Waals surface area contributed by atoms with Crippen molar-refractivity contribution in [3.8, 4) is 11.5 Å². The minimum Gasteiger partial charge on any atom is -0.508 e. The van der Waals surface area contributed by atoms with Gasteiger partial charge in [-0.15, -0.1) is 0 Å². The Balaban J connectivity index is 1.23. The van der Waals surface area contributed by atoms with Gasteiger partial charge in [-0.2, -0.15) is 0 Å². The maximum absolute atomic E-state index is 13.4. The zero-order valence-electron chi connectivity index (χ0n) is 28.6. The Morgan fingerprint density at radius 2 is 1.88 bits per heavy atom. The molecule has 1 aliphatic carbocycles. The summed E-state index contributed by atoms with van der Waals surface area (Å²) in [5, 5.41) is 63.1. The average Bonchev–Trinajstić information content (AvgIpc) is 3.88. The zero-order valence-corrected chi connectivity index (χ0v) is 28.6. The fourth-order valence-electron chi connectivity index (χ4n) is 7.97. The number of aliphatic hydroxyl groups is 5. The fraction of sp³-hybridized carbons (Fsp3) is 0.474. The molecule has 0 saturated heterocycles. The van der Waals surface area contributed by atoms with E-state index in [1.54, 1.807) is 31.3 Å². The number of fused-ring (bicyclic) bond motifs is 3. The summed E-state index contributed by atoms with van der Waals surface area (Å²) < 4.78 is 13.3. The number of nitrogens with zero attached hydrogens (tertiary/aromatic N) is 1. The smallest absolute Gasteiger partial charge is 0.222 e. The summed E-state index contributed by atoms with van der Waals surface area (Å²) in [5.41, 5.74) is 1.02. The fourth-order valence-corrected chi connectivity index (χ4v) is 7.97. The van der Waals surface area contributed by atoms with Crippen LogP contribution >= 0.6 is 0 Å². The molecule has 1 aromatic heterocycles. The van der Waals surface area contributed by atoms with Crippen LogP contribution < -0.4 is 15.1 Å². The van der Waals surface area contributed by atoms with Gasteiger partial charge in [0, 0.05) is 36.6 Å². The van der Waals surface area contributed by atoms with Crippen molar-refractivity contribution in [3.05, 3.63) is 87.6 Å². The second kappa shape index (κ2) is 13.9. The predicted molar refractivity (Wildman–Crippen MR) is 185 cm³/mol. The number of aryl methyl sites for hydroxylation is 1. The number of quaternary nitrogens is 1. The molecule has 4 heterocycles. The largest absolute Gasteiger partial charge is 0.508 e. The summed E-state index contributed by atoms with van der Waals surface area (Å²) in [4.78, 5) is 30.7. The molecule has 7 atom stereocenters. The van der Waals surface area contributed by atoms with E-state index in [-0.39, 0.29) is 29.9 Å².